The number of carbonyl (C=O) groups excluding carboxylic acids is 2. The minimum absolute atomic E-state index is 0.0191. The van der Waals surface area contributed by atoms with Gasteiger partial charge < -0.3 is 15.0 Å². The van der Waals surface area contributed by atoms with E-state index < -0.39 is 0 Å². The quantitative estimate of drug-likeness (QED) is 0.666. The molecule has 0 spiro atoms. The van der Waals surface area contributed by atoms with E-state index in [1.54, 1.807) is 34.8 Å². The van der Waals surface area contributed by atoms with Gasteiger partial charge in [-0.15, -0.1) is 22.7 Å². The van der Waals surface area contributed by atoms with Crippen LogP contribution in [0.3, 0.4) is 0 Å². The van der Waals surface area contributed by atoms with Crippen LogP contribution in [0.5, 0.6) is 0 Å². The Labute approximate surface area is 185 Å². The molecule has 3 rings (SSSR count). The monoisotopic (exact) mass is 448 g/mol. The van der Waals surface area contributed by atoms with E-state index in [2.05, 4.69) is 18.3 Å². The molecule has 3 amide bonds. The Bertz CT molecular complexity index is 892. The molecule has 0 fully saturated rings. The third kappa shape index (κ3) is 5.27. The highest BCUT2D eigenvalue weighted by Gasteiger charge is 2.36. The predicted molar refractivity (Wildman–Crippen MR) is 121 cm³/mol. The van der Waals surface area contributed by atoms with Crippen LogP contribution in [0.15, 0.2) is 34.1 Å². The SMILES string of the molecule is COCCN(CC(=O)N1N=C(c2cccs2)C[C@@H]1c1sccc1C)C(=O)NC(C)C. The average Bonchev–Trinajstić information content (AvgIpc) is 3.43. The van der Waals surface area contributed by atoms with Crippen molar-refractivity contribution in [3.8, 4) is 0 Å². The minimum Gasteiger partial charge on any atom is -0.383 e. The number of nitrogens with one attached hydrogen (secondary N) is 1. The molecule has 0 saturated heterocycles. The average molecular weight is 449 g/mol. The Morgan fingerprint density at radius 3 is 2.73 bits per heavy atom. The van der Waals surface area contributed by atoms with Crippen LogP contribution < -0.4 is 5.32 Å². The summed E-state index contributed by atoms with van der Waals surface area (Å²) in [6.07, 6.45) is 0.671. The maximum atomic E-state index is 13.3. The van der Waals surface area contributed by atoms with Crippen molar-refractivity contribution in [3.63, 3.8) is 0 Å². The number of aryl methyl sites for hydroxylation is 1. The summed E-state index contributed by atoms with van der Waals surface area (Å²) in [5, 5.41) is 13.2. The number of methoxy groups -OCH3 is 1. The Morgan fingerprint density at radius 2 is 2.13 bits per heavy atom. The van der Waals surface area contributed by atoms with Crippen LogP contribution in [0.2, 0.25) is 0 Å². The molecule has 7 nitrogen and oxygen atoms in total. The molecule has 2 aromatic heterocycles. The summed E-state index contributed by atoms with van der Waals surface area (Å²) in [7, 11) is 1.58. The molecule has 0 unspecified atom stereocenters. The highest BCUT2D eigenvalue weighted by Crippen LogP contribution is 2.37. The zero-order chi connectivity index (χ0) is 21.7. The third-order valence-corrected chi connectivity index (χ3v) is 6.81. The third-order valence-electron chi connectivity index (χ3n) is 4.77. The Balaban J connectivity index is 1.83. The molecule has 3 heterocycles. The number of ether oxygens (including phenoxy) is 1. The molecule has 162 valence electrons. The smallest absolute Gasteiger partial charge is 0.318 e. The largest absolute Gasteiger partial charge is 0.383 e. The van der Waals surface area contributed by atoms with E-state index in [1.165, 1.54) is 4.90 Å². The van der Waals surface area contributed by atoms with Crippen molar-refractivity contribution in [2.45, 2.75) is 39.3 Å². The van der Waals surface area contributed by atoms with Gasteiger partial charge in [0, 0.05) is 31.0 Å². The fourth-order valence-corrected chi connectivity index (χ4v) is 5.02. The van der Waals surface area contributed by atoms with Crippen LogP contribution in [0.1, 0.15) is 41.6 Å². The molecule has 30 heavy (non-hydrogen) atoms. The lowest BCUT2D eigenvalue weighted by molar-refractivity contribution is -0.133. The lowest BCUT2D eigenvalue weighted by Crippen LogP contribution is -2.48. The molecule has 9 heteroatoms. The van der Waals surface area contributed by atoms with Crippen LogP contribution >= 0.6 is 22.7 Å². The molecule has 2 aromatic rings. The van der Waals surface area contributed by atoms with Gasteiger partial charge in [0.2, 0.25) is 0 Å². The number of nitrogens with zero attached hydrogens (tertiary/aromatic N) is 3. The van der Waals surface area contributed by atoms with Crippen LogP contribution in [-0.2, 0) is 9.53 Å². The molecule has 1 aliphatic rings. The van der Waals surface area contributed by atoms with Gasteiger partial charge in [-0.2, -0.15) is 5.10 Å². The highest BCUT2D eigenvalue weighted by molar-refractivity contribution is 7.12. The van der Waals surface area contributed by atoms with Gasteiger partial charge in [0.15, 0.2) is 0 Å². The molecule has 1 atom stereocenters. The number of urea groups is 1. The fraction of sp³-hybridized carbons (Fsp3) is 0.476. The second kappa shape index (κ2) is 10.2. The van der Waals surface area contributed by atoms with Gasteiger partial charge in [0.25, 0.3) is 5.91 Å². The normalized spacial score (nSPS) is 16.1. The van der Waals surface area contributed by atoms with Crippen LogP contribution in [0.25, 0.3) is 0 Å². The number of hydrazone groups is 1. The number of hydrogen-bond donors (Lipinski definition) is 1. The zero-order valence-electron chi connectivity index (χ0n) is 17.8. The van der Waals surface area contributed by atoms with Gasteiger partial charge in [-0.3, -0.25) is 4.79 Å². The van der Waals surface area contributed by atoms with E-state index in [1.807, 2.05) is 36.7 Å². The van der Waals surface area contributed by atoms with E-state index in [9.17, 15) is 9.59 Å². The minimum atomic E-state index is -0.277. The molecule has 0 aromatic carbocycles. The molecule has 0 aliphatic carbocycles. The van der Waals surface area contributed by atoms with Crippen molar-refractivity contribution in [3.05, 3.63) is 44.3 Å². The first-order valence-electron chi connectivity index (χ1n) is 9.92. The van der Waals surface area contributed by atoms with Crippen molar-refractivity contribution < 1.29 is 14.3 Å². The second-order valence-electron chi connectivity index (χ2n) is 7.47. The molecule has 0 bridgehead atoms. The first-order chi connectivity index (χ1) is 14.4. The van der Waals surface area contributed by atoms with Crippen molar-refractivity contribution in [2.24, 2.45) is 5.10 Å². The summed E-state index contributed by atoms with van der Waals surface area (Å²) < 4.78 is 5.13. The second-order valence-corrected chi connectivity index (χ2v) is 9.36. The lowest BCUT2D eigenvalue weighted by atomic mass is 10.1. The number of amides is 3. The van der Waals surface area contributed by atoms with E-state index in [-0.39, 0.29) is 30.6 Å². The molecule has 1 N–H and O–H groups in total. The molecular formula is C21H28N4O3S2. The van der Waals surface area contributed by atoms with Crippen LogP contribution in [-0.4, -0.2) is 60.4 Å². The van der Waals surface area contributed by atoms with E-state index in [0.29, 0.717) is 19.6 Å². The highest BCUT2D eigenvalue weighted by atomic mass is 32.1. The van der Waals surface area contributed by atoms with Gasteiger partial charge in [0.05, 0.1) is 23.2 Å². The van der Waals surface area contributed by atoms with Gasteiger partial charge in [-0.25, -0.2) is 9.80 Å². The van der Waals surface area contributed by atoms with Crippen molar-refractivity contribution >= 4 is 40.3 Å². The van der Waals surface area contributed by atoms with E-state index in [0.717, 1.165) is 21.0 Å². The molecule has 1 aliphatic heterocycles. The maximum Gasteiger partial charge on any atom is 0.318 e. The maximum absolute atomic E-state index is 13.3. The summed E-state index contributed by atoms with van der Waals surface area (Å²) in [5.41, 5.74) is 2.06. The first-order valence-corrected chi connectivity index (χ1v) is 11.7. The van der Waals surface area contributed by atoms with Crippen molar-refractivity contribution in [1.82, 2.24) is 15.2 Å². The van der Waals surface area contributed by atoms with E-state index in [4.69, 9.17) is 9.84 Å². The van der Waals surface area contributed by atoms with Gasteiger partial charge >= 0.3 is 6.03 Å². The van der Waals surface area contributed by atoms with Gasteiger partial charge in [-0.05, 0) is 49.2 Å². The topological polar surface area (TPSA) is 74.2 Å². The summed E-state index contributed by atoms with van der Waals surface area (Å²) in [4.78, 5) is 29.6. The summed E-state index contributed by atoms with van der Waals surface area (Å²) in [6.45, 7) is 6.47. The summed E-state index contributed by atoms with van der Waals surface area (Å²) >= 11 is 3.26. The van der Waals surface area contributed by atoms with Crippen molar-refractivity contribution in [2.75, 3.05) is 26.8 Å². The van der Waals surface area contributed by atoms with Crippen LogP contribution in [0.4, 0.5) is 4.79 Å². The van der Waals surface area contributed by atoms with Gasteiger partial charge in [0.1, 0.15) is 6.54 Å². The Hall–Kier alpha value is -2.23. The van der Waals surface area contributed by atoms with E-state index >= 15 is 0 Å². The number of hydrogen-bond acceptors (Lipinski definition) is 6. The number of thiophene rings is 2. The van der Waals surface area contributed by atoms with Crippen LogP contribution in [0, 0.1) is 6.92 Å². The van der Waals surface area contributed by atoms with Gasteiger partial charge in [-0.1, -0.05) is 6.07 Å². The number of rotatable bonds is 8. The summed E-state index contributed by atoms with van der Waals surface area (Å²) in [5.74, 6) is -0.200. The molecule has 0 saturated carbocycles. The fourth-order valence-electron chi connectivity index (χ4n) is 3.29. The van der Waals surface area contributed by atoms with Crippen molar-refractivity contribution in [1.29, 1.82) is 0 Å². The zero-order valence-corrected chi connectivity index (χ0v) is 19.4. The predicted octanol–water partition coefficient (Wildman–Crippen LogP) is 3.86. The Morgan fingerprint density at radius 1 is 1.33 bits per heavy atom. The first kappa shape index (κ1) is 22.5. The molecule has 0 radical (unpaired) electrons. The lowest BCUT2D eigenvalue weighted by Gasteiger charge is -2.27. The molecular weight excluding hydrogens is 420 g/mol. The summed E-state index contributed by atoms with van der Waals surface area (Å²) in [6, 6.07) is 5.63. The Kier molecular flexibility index (Phi) is 7.63. The standard InChI is InChI=1S/C21H28N4O3S2/c1-14(2)22-21(27)24(8-9-28-4)13-19(26)25-17(20-15(3)7-11-30-20)12-16(23-25)18-6-5-10-29-18/h5-7,10-11,14,17H,8-9,12-13H2,1-4H3,(H,22,27)/t17-/m1/s1. The number of carbonyl (C=O) groups is 2.